The van der Waals surface area contributed by atoms with Gasteiger partial charge in [0, 0.05) is 36.3 Å². The Labute approximate surface area is 145 Å². The van der Waals surface area contributed by atoms with E-state index in [1.165, 1.54) is 17.4 Å². The molecule has 1 unspecified atom stereocenters. The molecule has 0 radical (unpaired) electrons. The van der Waals surface area contributed by atoms with Crippen molar-refractivity contribution >= 4 is 34.5 Å². The molecule has 2 amide bonds. The quantitative estimate of drug-likeness (QED) is 0.897. The van der Waals surface area contributed by atoms with Crippen molar-refractivity contribution in [1.29, 1.82) is 0 Å². The molecular formula is C18H21N3O2S. The topological polar surface area (TPSA) is 61.4 Å². The maximum Gasteiger partial charge on any atom is 0.245 e. The third-order valence-electron chi connectivity index (χ3n) is 4.08. The van der Waals surface area contributed by atoms with E-state index >= 15 is 0 Å². The maximum absolute atomic E-state index is 12.7. The summed E-state index contributed by atoms with van der Waals surface area (Å²) < 4.78 is 0. The lowest BCUT2D eigenvalue weighted by molar-refractivity contribution is -0.132. The van der Waals surface area contributed by atoms with Crippen molar-refractivity contribution in [3.63, 3.8) is 0 Å². The van der Waals surface area contributed by atoms with Crippen molar-refractivity contribution in [2.75, 3.05) is 17.2 Å². The Balaban J connectivity index is 1.59. The van der Waals surface area contributed by atoms with Crippen molar-refractivity contribution in [3.05, 3.63) is 46.2 Å². The van der Waals surface area contributed by atoms with Gasteiger partial charge in [-0.05, 0) is 54.6 Å². The second kappa shape index (κ2) is 7.05. The van der Waals surface area contributed by atoms with Crippen LogP contribution in [0, 0.1) is 0 Å². The number of hydrogen-bond acceptors (Lipinski definition) is 4. The van der Waals surface area contributed by atoms with Gasteiger partial charge in [0.05, 0.1) is 0 Å². The van der Waals surface area contributed by atoms with Crippen LogP contribution in [-0.2, 0) is 22.6 Å². The van der Waals surface area contributed by atoms with Crippen LogP contribution in [0.25, 0.3) is 0 Å². The van der Waals surface area contributed by atoms with Gasteiger partial charge in [-0.3, -0.25) is 9.59 Å². The lowest BCUT2D eigenvalue weighted by Crippen LogP contribution is -2.43. The Morgan fingerprint density at radius 3 is 2.58 bits per heavy atom. The van der Waals surface area contributed by atoms with E-state index in [-0.39, 0.29) is 17.9 Å². The molecule has 0 fully saturated rings. The van der Waals surface area contributed by atoms with E-state index in [4.69, 9.17) is 0 Å². The Morgan fingerprint density at radius 2 is 1.88 bits per heavy atom. The number of benzene rings is 1. The standard InChI is InChI=1S/C18H21N3O2S/c1-12(19-15-3-5-16(6-4-15)20-13(2)22)18(23)21-9-7-17-14(11-21)8-10-24-17/h3-6,8,10,12,19H,7,9,11H2,1-2H3,(H,20,22). The van der Waals surface area contributed by atoms with Crippen LogP contribution >= 0.6 is 11.3 Å². The van der Waals surface area contributed by atoms with Crippen LogP contribution < -0.4 is 10.6 Å². The van der Waals surface area contributed by atoms with E-state index in [2.05, 4.69) is 22.1 Å². The molecule has 0 bridgehead atoms. The minimum atomic E-state index is -0.295. The first-order valence-electron chi connectivity index (χ1n) is 8.01. The molecule has 2 N–H and O–H groups in total. The highest BCUT2D eigenvalue weighted by molar-refractivity contribution is 7.10. The van der Waals surface area contributed by atoms with E-state index < -0.39 is 0 Å². The highest BCUT2D eigenvalue weighted by Gasteiger charge is 2.25. The van der Waals surface area contributed by atoms with Gasteiger partial charge in [0.25, 0.3) is 0 Å². The van der Waals surface area contributed by atoms with Crippen LogP contribution in [0.2, 0.25) is 0 Å². The molecule has 1 aromatic heterocycles. The van der Waals surface area contributed by atoms with Gasteiger partial charge in [-0.15, -0.1) is 11.3 Å². The summed E-state index contributed by atoms with van der Waals surface area (Å²) in [5.41, 5.74) is 2.87. The van der Waals surface area contributed by atoms with Crippen LogP contribution in [0.15, 0.2) is 35.7 Å². The summed E-state index contributed by atoms with van der Waals surface area (Å²) in [5.74, 6) is 0.00920. The lowest BCUT2D eigenvalue weighted by atomic mass is 10.1. The number of amides is 2. The molecular weight excluding hydrogens is 322 g/mol. The number of fused-ring (bicyclic) bond motifs is 1. The summed E-state index contributed by atoms with van der Waals surface area (Å²) in [5, 5.41) is 8.06. The highest BCUT2D eigenvalue weighted by Crippen LogP contribution is 2.24. The van der Waals surface area contributed by atoms with E-state index in [9.17, 15) is 9.59 Å². The molecule has 2 aromatic rings. The zero-order valence-corrected chi connectivity index (χ0v) is 14.7. The van der Waals surface area contributed by atoms with Crippen molar-refractivity contribution < 1.29 is 9.59 Å². The molecule has 2 heterocycles. The third-order valence-corrected chi connectivity index (χ3v) is 5.10. The SMILES string of the molecule is CC(=O)Nc1ccc(NC(C)C(=O)N2CCc3sccc3C2)cc1. The fraction of sp³-hybridized carbons (Fsp3) is 0.333. The van der Waals surface area contributed by atoms with Crippen molar-refractivity contribution in [2.24, 2.45) is 0 Å². The summed E-state index contributed by atoms with van der Waals surface area (Å²) in [6.07, 6.45) is 0.941. The molecule has 5 nitrogen and oxygen atoms in total. The third kappa shape index (κ3) is 3.76. The molecule has 24 heavy (non-hydrogen) atoms. The summed E-state index contributed by atoms with van der Waals surface area (Å²) in [6.45, 7) is 4.84. The molecule has 0 aliphatic carbocycles. The van der Waals surface area contributed by atoms with Gasteiger partial charge in [0.15, 0.2) is 0 Å². The fourth-order valence-electron chi connectivity index (χ4n) is 2.88. The zero-order valence-electron chi connectivity index (χ0n) is 13.8. The number of carbonyl (C=O) groups excluding carboxylic acids is 2. The van der Waals surface area contributed by atoms with Crippen LogP contribution in [0.1, 0.15) is 24.3 Å². The smallest absolute Gasteiger partial charge is 0.245 e. The molecule has 3 rings (SSSR count). The van der Waals surface area contributed by atoms with Gasteiger partial charge in [-0.1, -0.05) is 0 Å². The number of anilines is 2. The monoisotopic (exact) mass is 343 g/mol. The molecule has 1 aromatic carbocycles. The first kappa shape index (κ1) is 16.5. The second-order valence-electron chi connectivity index (χ2n) is 6.00. The van der Waals surface area contributed by atoms with Gasteiger partial charge >= 0.3 is 0 Å². The molecule has 1 atom stereocenters. The zero-order chi connectivity index (χ0) is 17.1. The second-order valence-corrected chi connectivity index (χ2v) is 7.00. The number of carbonyl (C=O) groups is 2. The summed E-state index contributed by atoms with van der Waals surface area (Å²) in [6, 6.07) is 9.18. The first-order valence-corrected chi connectivity index (χ1v) is 8.89. The normalized spacial score (nSPS) is 14.7. The maximum atomic E-state index is 12.7. The highest BCUT2D eigenvalue weighted by atomic mass is 32.1. The van der Waals surface area contributed by atoms with Crippen molar-refractivity contribution in [3.8, 4) is 0 Å². The number of hydrogen-bond donors (Lipinski definition) is 2. The Kier molecular flexibility index (Phi) is 4.85. The first-order chi connectivity index (χ1) is 11.5. The summed E-state index contributed by atoms with van der Waals surface area (Å²) >= 11 is 1.77. The predicted octanol–water partition coefficient (Wildman–Crippen LogP) is 3.09. The number of rotatable bonds is 4. The van der Waals surface area contributed by atoms with Gasteiger partial charge < -0.3 is 15.5 Å². The Bertz CT molecular complexity index is 739. The number of nitrogens with zero attached hydrogens (tertiary/aromatic N) is 1. The molecule has 0 spiro atoms. The summed E-state index contributed by atoms with van der Waals surface area (Å²) in [7, 11) is 0. The van der Waals surface area contributed by atoms with Gasteiger partial charge in [0.2, 0.25) is 11.8 Å². The molecule has 6 heteroatoms. The fourth-order valence-corrected chi connectivity index (χ4v) is 3.76. The molecule has 126 valence electrons. The van der Waals surface area contributed by atoms with E-state index in [1.807, 2.05) is 36.1 Å². The Morgan fingerprint density at radius 1 is 1.17 bits per heavy atom. The predicted molar refractivity (Wildman–Crippen MR) is 97.3 cm³/mol. The van der Waals surface area contributed by atoms with E-state index in [0.717, 1.165) is 24.3 Å². The lowest BCUT2D eigenvalue weighted by Gasteiger charge is -2.30. The van der Waals surface area contributed by atoms with Crippen molar-refractivity contribution in [2.45, 2.75) is 32.9 Å². The van der Waals surface area contributed by atoms with Crippen LogP contribution in [0.5, 0.6) is 0 Å². The molecule has 1 aliphatic rings. The van der Waals surface area contributed by atoms with Crippen LogP contribution in [-0.4, -0.2) is 29.3 Å². The van der Waals surface area contributed by atoms with E-state index in [0.29, 0.717) is 6.54 Å². The van der Waals surface area contributed by atoms with Crippen LogP contribution in [0.3, 0.4) is 0 Å². The van der Waals surface area contributed by atoms with Gasteiger partial charge in [-0.2, -0.15) is 0 Å². The van der Waals surface area contributed by atoms with Gasteiger partial charge in [0.1, 0.15) is 6.04 Å². The van der Waals surface area contributed by atoms with Crippen LogP contribution in [0.4, 0.5) is 11.4 Å². The minimum Gasteiger partial charge on any atom is -0.374 e. The molecule has 0 saturated carbocycles. The summed E-state index contributed by atoms with van der Waals surface area (Å²) in [4.78, 5) is 27.0. The number of nitrogens with one attached hydrogen (secondary N) is 2. The average molecular weight is 343 g/mol. The van der Waals surface area contributed by atoms with Crippen molar-refractivity contribution in [1.82, 2.24) is 4.90 Å². The minimum absolute atomic E-state index is 0.0999. The van der Waals surface area contributed by atoms with E-state index in [1.54, 1.807) is 11.3 Å². The molecule has 1 aliphatic heterocycles. The number of thiophene rings is 1. The largest absolute Gasteiger partial charge is 0.374 e. The Hall–Kier alpha value is -2.34. The van der Waals surface area contributed by atoms with Gasteiger partial charge in [-0.25, -0.2) is 0 Å². The average Bonchev–Trinajstić information content (AvgIpc) is 3.03. The molecule has 0 saturated heterocycles.